The average molecular weight is 342 g/mol. The van der Waals surface area contributed by atoms with E-state index in [-0.39, 0.29) is 6.61 Å². The van der Waals surface area contributed by atoms with Crippen LogP contribution in [0, 0.1) is 11.3 Å². The number of benzene rings is 2. The van der Waals surface area contributed by atoms with Crippen molar-refractivity contribution in [2.45, 2.75) is 6.61 Å². The van der Waals surface area contributed by atoms with Gasteiger partial charge in [-0.15, -0.1) is 0 Å². The van der Waals surface area contributed by atoms with Crippen LogP contribution in [0.15, 0.2) is 71.5 Å². The number of pyridine rings is 1. The number of fused-ring (bicyclic) bond motifs is 1. The number of nitriles is 1. The highest BCUT2D eigenvalue weighted by atomic mass is 16.5. The Morgan fingerprint density at radius 2 is 2.00 bits per heavy atom. The summed E-state index contributed by atoms with van der Waals surface area (Å²) in [6.07, 6.45) is 3.40. The van der Waals surface area contributed by atoms with Gasteiger partial charge in [-0.25, -0.2) is 0 Å². The molecule has 0 atom stereocenters. The van der Waals surface area contributed by atoms with Crippen LogP contribution in [0.5, 0.6) is 5.75 Å². The summed E-state index contributed by atoms with van der Waals surface area (Å²) in [6.45, 7) is 0.278. The van der Waals surface area contributed by atoms with Gasteiger partial charge in [0.15, 0.2) is 11.4 Å². The minimum atomic E-state index is 0.278. The van der Waals surface area contributed by atoms with Crippen molar-refractivity contribution in [3.8, 4) is 11.8 Å². The van der Waals surface area contributed by atoms with Gasteiger partial charge < -0.3 is 14.6 Å². The number of hydrogen-bond acceptors (Lipinski definition) is 6. The quantitative estimate of drug-likeness (QED) is 0.578. The molecule has 2 aromatic heterocycles. The maximum atomic E-state index is 9.22. The lowest BCUT2D eigenvalue weighted by molar-refractivity contribution is 0.309. The fraction of sp³-hybridized carbons (Fsp3) is 0.0500. The molecule has 4 rings (SSSR count). The summed E-state index contributed by atoms with van der Waals surface area (Å²) < 4.78 is 11.4. The highest BCUT2D eigenvalue weighted by Gasteiger charge is 2.14. The topological polar surface area (TPSA) is 84.0 Å². The fourth-order valence-electron chi connectivity index (χ4n) is 2.65. The van der Waals surface area contributed by atoms with E-state index in [4.69, 9.17) is 9.26 Å². The molecule has 126 valence electrons. The van der Waals surface area contributed by atoms with Crippen LogP contribution in [0.2, 0.25) is 0 Å². The molecule has 0 fully saturated rings. The maximum Gasteiger partial charge on any atom is 0.185 e. The zero-order chi connectivity index (χ0) is 17.8. The zero-order valence-corrected chi connectivity index (χ0v) is 13.7. The summed E-state index contributed by atoms with van der Waals surface area (Å²) in [5.74, 6) is 1.18. The van der Waals surface area contributed by atoms with Crippen LogP contribution in [0.4, 0.5) is 11.5 Å². The molecule has 0 bridgehead atoms. The molecule has 0 unspecified atom stereocenters. The lowest BCUT2D eigenvalue weighted by Crippen LogP contribution is -1.99. The van der Waals surface area contributed by atoms with Gasteiger partial charge in [0.05, 0.1) is 23.5 Å². The first-order chi connectivity index (χ1) is 12.8. The van der Waals surface area contributed by atoms with Gasteiger partial charge in [-0.3, -0.25) is 4.98 Å². The molecule has 0 aliphatic heterocycles. The van der Waals surface area contributed by atoms with Crippen LogP contribution in [0.3, 0.4) is 0 Å². The minimum Gasteiger partial charge on any atom is -0.488 e. The summed E-state index contributed by atoms with van der Waals surface area (Å²) >= 11 is 0. The smallest absolute Gasteiger partial charge is 0.185 e. The van der Waals surface area contributed by atoms with Gasteiger partial charge >= 0.3 is 0 Å². The average Bonchev–Trinajstić information content (AvgIpc) is 3.11. The Morgan fingerprint density at radius 3 is 2.85 bits per heavy atom. The van der Waals surface area contributed by atoms with E-state index in [9.17, 15) is 5.26 Å². The maximum absolute atomic E-state index is 9.22. The van der Waals surface area contributed by atoms with E-state index in [2.05, 4.69) is 21.5 Å². The SMILES string of the molecule is N#Cc1ccccc1COc1cccc2onc(Nc3cccnc3)c12. The first-order valence-electron chi connectivity index (χ1n) is 8.01. The van der Waals surface area contributed by atoms with Gasteiger partial charge in [0, 0.05) is 11.8 Å². The standard InChI is InChI=1S/C20H14N4O2/c21-11-14-5-1-2-6-15(14)13-25-17-8-3-9-18-19(17)20(24-26-18)23-16-7-4-10-22-12-16/h1-10,12H,13H2,(H,23,24). The third-order valence-electron chi connectivity index (χ3n) is 3.91. The summed E-state index contributed by atoms with van der Waals surface area (Å²) in [5.41, 5.74) is 2.83. The molecule has 2 aromatic carbocycles. The van der Waals surface area contributed by atoms with Crippen molar-refractivity contribution in [1.29, 1.82) is 5.26 Å². The first-order valence-corrected chi connectivity index (χ1v) is 8.01. The molecular weight excluding hydrogens is 328 g/mol. The lowest BCUT2D eigenvalue weighted by Gasteiger charge is -2.09. The fourth-order valence-corrected chi connectivity index (χ4v) is 2.65. The van der Waals surface area contributed by atoms with Crippen molar-refractivity contribution in [2.75, 3.05) is 5.32 Å². The molecule has 2 heterocycles. The normalized spacial score (nSPS) is 10.4. The van der Waals surface area contributed by atoms with Crippen molar-refractivity contribution >= 4 is 22.5 Å². The van der Waals surface area contributed by atoms with Crippen molar-refractivity contribution < 1.29 is 9.26 Å². The van der Waals surface area contributed by atoms with Crippen LogP contribution < -0.4 is 10.1 Å². The number of hydrogen-bond donors (Lipinski definition) is 1. The highest BCUT2D eigenvalue weighted by Crippen LogP contribution is 2.34. The van der Waals surface area contributed by atoms with Crippen molar-refractivity contribution in [3.05, 3.63) is 78.1 Å². The molecule has 0 saturated heterocycles. The molecule has 0 radical (unpaired) electrons. The van der Waals surface area contributed by atoms with E-state index in [1.165, 1.54) is 0 Å². The monoisotopic (exact) mass is 342 g/mol. The molecule has 4 aromatic rings. The minimum absolute atomic E-state index is 0.278. The summed E-state index contributed by atoms with van der Waals surface area (Å²) in [6, 6.07) is 18.8. The second-order valence-electron chi connectivity index (χ2n) is 5.58. The molecule has 0 aliphatic rings. The van der Waals surface area contributed by atoms with Gasteiger partial charge in [-0.05, 0) is 30.3 Å². The van der Waals surface area contributed by atoms with Crippen molar-refractivity contribution in [1.82, 2.24) is 10.1 Å². The van der Waals surface area contributed by atoms with E-state index in [0.717, 1.165) is 16.6 Å². The van der Waals surface area contributed by atoms with Crippen LogP contribution in [0.1, 0.15) is 11.1 Å². The van der Waals surface area contributed by atoms with Crippen molar-refractivity contribution in [3.63, 3.8) is 0 Å². The number of aromatic nitrogens is 2. The Kier molecular flexibility index (Phi) is 4.19. The second-order valence-corrected chi connectivity index (χ2v) is 5.58. The predicted molar refractivity (Wildman–Crippen MR) is 97.0 cm³/mol. The van der Waals surface area contributed by atoms with Crippen LogP contribution >= 0.6 is 0 Å². The molecule has 0 aliphatic carbocycles. The Labute approximate surface area is 149 Å². The second kappa shape index (κ2) is 6.95. The van der Waals surface area contributed by atoms with Crippen LogP contribution in [-0.4, -0.2) is 10.1 Å². The molecule has 0 spiro atoms. The Balaban J connectivity index is 1.65. The van der Waals surface area contributed by atoms with Gasteiger partial charge in [0.25, 0.3) is 0 Å². The number of ether oxygens (including phenoxy) is 1. The van der Waals surface area contributed by atoms with Gasteiger partial charge in [0.2, 0.25) is 0 Å². The van der Waals surface area contributed by atoms with E-state index in [1.54, 1.807) is 18.5 Å². The van der Waals surface area contributed by atoms with Gasteiger partial charge in [-0.1, -0.05) is 29.4 Å². The van der Waals surface area contributed by atoms with E-state index in [0.29, 0.717) is 22.7 Å². The molecule has 6 nitrogen and oxygen atoms in total. The molecule has 0 amide bonds. The zero-order valence-electron chi connectivity index (χ0n) is 13.7. The molecule has 1 N–H and O–H groups in total. The first kappa shape index (κ1) is 15.7. The summed E-state index contributed by atoms with van der Waals surface area (Å²) in [5, 5.41) is 17.2. The van der Waals surface area contributed by atoms with Crippen molar-refractivity contribution in [2.24, 2.45) is 0 Å². The third kappa shape index (κ3) is 3.06. The third-order valence-corrected chi connectivity index (χ3v) is 3.91. The van der Waals surface area contributed by atoms with Crippen LogP contribution in [-0.2, 0) is 6.61 Å². The number of nitrogens with zero attached hydrogens (tertiary/aromatic N) is 3. The Morgan fingerprint density at radius 1 is 1.08 bits per heavy atom. The molecule has 26 heavy (non-hydrogen) atoms. The lowest BCUT2D eigenvalue weighted by atomic mass is 10.1. The molecular formula is C20H14N4O2. The largest absolute Gasteiger partial charge is 0.488 e. The Hall–Kier alpha value is -3.85. The summed E-state index contributed by atoms with van der Waals surface area (Å²) in [4.78, 5) is 4.08. The number of rotatable bonds is 5. The van der Waals surface area contributed by atoms with E-state index >= 15 is 0 Å². The predicted octanol–water partition coefficient (Wildman–Crippen LogP) is 4.42. The van der Waals surface area contributed by atoms with E-state index < -0.39 is 0 Å². The highest BCUT2D eigenvalue weighted by molar-refractivity contribution is 5.95. The molecule has 0 saturated carbocycles. The molecule has 6 heteroatoms. The van der Waals surface area contributed by atoms with Crippen LogP contribution in [0.25, 0.3) is 11.0 Å². The summed E-state index contributed by atoms with van der Waals surface area (Å²) in [7, 11) is 0. The van der Waals surface area contributed by atoms with E-state index in [1.807, 2.05) is 48.5 Å². The number of nitrogens with one attached hydrogen (secondary N) is 1. The Bertz CT molecular complexity index is 1080. The van der Waals surface area contributed by atoms with Gasteiger partial charge in [-0.2, -0.15) is 5.26 Å². The van der Waals surface area contributed by atoms with Gasteiger partial charge in [0.1, 0.15) is 17.7 Å². The number of anilines is 2.